The van der Waals surface area contributed by atoms with Crippen LogP contribution >= 0.6 is 0 Å². The quantitative estimate of drug-likeness (QED) is 0.0350. The number of aromatic nitrogens is 2. The number of nitrogens with zero attached hydrogens (tertiary/aromatic N) is 2. The minimum atomic E-state index is -3.49. The third kappa shape index (κ3) is 22.0. The summed E-state index contributed by atoms with van der Waals surface area (Å²) in [5, 5.41) is 20.1. The van der Waals surface area contributed by atoms with Crippen LogP contribution in [0.2, 0.25) is 0 Å². The lowest BCUT2D eigenvalue weighted by Gasteiger charge is -2.34. The van der Waals surface area contributed by atoms with Gasteiger partial charge in [-0.2, -0.15) is 0 Å². The summed E-state index contributed by atoms with van der Waals surface area (Å²) in [4.78, 5) is 104. The first-order valence-electron chi connectivity index (χ1n) is 23.8. The Morgan fingerprint density at radius 2 is 1.17 bits per heavy atom. The van der Waals surface area contributed by atoms with Crippen molar-refractivity contribution >= 4 is 51.2 Å². The number of hydrogen-bond acceptors (Lipinski definition) is 13. The van der Waals surface area contributed by atoms with E-state index in [1.165, 1.54) is 17.4 Å². The number of carbonyl (C=O) groups is 7. The molecule has 14 N–H and O–H groups in total. The Hall–Kier alpha value is -6.23. The van der Waals surface area contributed by atoms with Gasteiger partial charge in [0.1, 0.15) is 40.0 Å². The van der Waals surface area contributed by atoms with Gasteiger partial charge in [0.05, 0.1) is 18.1 Å². The van der Waals surface area contributed by atoms with Gasteiger partial charge in [-0.05, 0) is 69.2 Å². The Kier molecular flexibility index (Phi) is 25.8. The molecule has 0 saturated carbocycles. The van der Waals surface area contributed by atoms with Crippen LogP contribution in [0.4, 0.5) is 0 Å². The van der Waals surface area contributed by atoms with Gasteiger partial charge in [0, 0.05) is 50.4 Å². The minimum absolute atomic E-state index is 0.0682. The van der Waals surface area contributed by atoms with Crippen LogP contribution in [-0.2, 0) is 62.7 Å². The topological polar surface area (TPSA) is 358 Å². The highest BCUT2D eigenvalue weighted by Crippen LogP contribution is 2.17. The lowest BCUT2D eigenvalue weighted by atomic mass is 9.99. The third-order valence-electron chi connectivity index (χ3n) is 11.6. The summed E-state index contributed by atoms with van der Waals surface area (Å²) >= 11 is 0. The number of sulfone groups is 1. The standard InChI is InChI=1S/C48H73N11O10S/c1-70(68,69)27-23-36(51)44(63)55-37(21-22-42(60)61)45(64)58-40(30-35-31-53-32-54-35)47(66)57-39(28-33-16-8-6-9-17-33)46(65)56-38(20-12-14-25-50)48(67)59(26-15-5-3-2-4-13-24-49)41(43(52)62)29-34-18-10-7-11-19-34/h6-11,16-19,31-32,36-41H,2-5,12-15,20-30,49-51H2,1H3,(H2,52,62)(H,53,54)(H,55,63)(H,56,65)(H,57,66)(H,58,64)(H,60,61)/t36?,37-,38+,39-,40-,41-/m0/s1. The summed E-state index contributed by atoms with van der Waals surface area (Å²) in [6.45, 7) is 1.09. The number of H-pyrrole nitrogens is 1. The molecule has 3 aromatic rings. The van der Waals surface area contributed by atoms with E-state index in [0.717, 1.165) is 43.9 Å². The van der Waals surface area contributed by atoms with Crippen LogP contribution in [-0.4, -0.2) is 138 Å². The number of carbonyl (C=O) groups excluding carboxylic acids is 6. The number of benzene rings is 2. The van der Waals surface area contributed by atoms with Crippen LogP contribution in [0.3, 0.4) is 0 Å². The molecule has 1 aromatic heterocycles. The van der Waals surface area contributed by atoms with Crippen LogP contribution in [0.1, 0.15) is 93.9 Å². The van der Waals surface area contributed by atoms with E-state index < -0.39 is 106 Å². The first-order chi connectivity index (χ1) is 33.4. The van der Waals surface area contributed by atoms with E-state index >= 15 is 0 Å². The van der Waals surface area contributed by atoms with Crippen molar-refractivity contribution < 1.29 is 47.1 Å². The summed E-state index contributed by atoms with van der Waals surface area (Å²) in [6, 6.07) is 9.97. The Morgan fingerprint density at radius 1 is 0.657 bits per heavy atom. The highest BCUT2D eigenvalue weighted by molar-refractivity contribution is 7.90. The second kappa shape index (κ2) is 31.1. The third-order valence-corrected chi connectivity index (χ3v) is 12.6. The number of nitrogens with one attached hydrogen (secondary N) is 5. The van der Waals surface area contributed by atoms with Crippen LogP contribution in [0.15, 0.2) is 73.2 Å². The maximum atomic E-state index is 14.9. The van der Waals surface area contributed by atoms with E-state index in [4.69, 9.17) is 22.9 Å². The van der Waals surface area contributed by atoms with E-state index in [-0.39, 0.29) is 38.6 Å². The molecule has 0 aliphatic heterocycles. The summed E-state index contributed by atoms with van der Waals surface area (Å²) in [5.41, 5.74) is 25.3. The zero-order valence-corrected chi connectivity index (χ0v) is 40.9. The average molecular weight is 996 g/mol. The molecular formula is C48H73N11O10S. The number of aliphatic carboxylic acids is 1. The fraction of sp³-hybridized carbons (Fsp3) is 0.542. The molecule has 2 aromatic carbocycles. The van der Waals surface area contributed by atoms with Gasteiger partial charge in [-0.15, -0.1) is 0 Å². The number of amides is 6. The molecule has 21 nitrogen and oxygen atoms in total. The fourth-order valence-electron chi connectivity index (χ4n) is 7.69. The van der Waals surface area contributed by atoms with Gasteiger partial charge in [0.15, 0.2) is 0 Å². The number of nitrogens with two attached hydrogens (primary N) is 4. The van der Waals surface area contributed by atoms with Gasteiger partial charge in [0.2, 0.25) is 35.4 Å². The van der Waals surface area contributed by atoms with Crippen molar-refractivity contribution in [1.82, 2.24) is 36.1 Å². The number of carboxylic acid groups (broad SMARTS) is 1. The molecular weight excluding hydrogens is 923 g/mol. The summed E-state index contributed by atoms with van der Waals surface area (Å²) in [6.07, 6.45) is 8.46. The molecule has 0 spiro atoms. The van der Waals surface area contributed by atoms with E-state index in [9.17, 15) is 47.1 Å². The van der Waals surface area contributed by atoms with Crippen LogP contribution < -0.4 is 44.2 Å². The van der Waals surface area contributed by atoms with Crippen LogP contribution in [0, 0.1) is 0 Å². The maximum absolute atomic E-state index is 14.9. The Labute approximate surface area is 410 Å². The second-order valence-corrected chi connectivity index (χ2v) is 19.8. The molecule has 386 valence electrons. The normalized spacial score (nSPS) is 13.9. The number of unbranched alkanes of at least 4 members (excludes halogenated alkanes) is 6. The predicted molar refractivity (Wildman–Crippen MR) is 264 cm³/mol. The van der Waals surface area contributed by atoms with Crippen molar-refractivity contribution in [3.05, 3.63) is 90.0 Å². The molecule has 0 fully saturated rings. The average Bonchev–Trinajstić information content (AvgIpc) is 3.85. The maximum Gasteiger partial charge on any atom is 0.303 e. The van der Waals surface area contributed by atoms with Gasteiger partial charge in [-0.1, -0.05) is 86.3 Å². The molecule has 1 heterocycles. The molecule has 0 aliphatic rings. The molecule has 0 aliphatic carbocycles. The zero-order chi connectivity index (χ0) is 51.5. The summed E-state index contributed by atoms with van der Waals surface area (Å²) in [5.74, 6) is -6.44. The molecule has 3 rings (SSSR count). The zero-order valence-electron chi connectivity index (χ0n) is 40.1. The van der Waals surface area contributed by atoms with E-state index in [1.54, 1.807) is 30.3 Å². The van der Waals surface area contributed by atoms with Gasteiger partial charge >= 0.3 is 5.97 Å². The molecule has 22 heteroatoms. The molecule has 6 amide bonds. The highest BCUT2D eigenvalue weighted by Gasteiger charge is 2.36. The SMILES string of the molecule is CS(=O)(=O)CCC(N)C(=O)N[C@@H](CCC(=O)O)C(=O)N[C@@H](Cc1cnc[nH]1)C(=O)N[C@@H](Cc1ccccc1)C(=O)N[C@H](CCCCN)C(=O)N(CCCCCCCCN)[C@@H](Cc1ccccc1)C(N)=O. The number of imidazole rings is 1. The summed E-state index contributed by atoms with van der Waals surface area (Å²) in [7, 11) is -3.49. The number of rotatable bonds is 35. The molecule has 70 heavy (non-hydrogen) atoms. The predicted octanol–water partition coefficient (Wildman–Crippen LogP) is 0.114. The lowest BCUT2D eigenvalue weighted by Crippen LogP contribution is -2.60. The van der Waals surface area contributed by atoms with E-state index in [2.05, 4.69) is 31.2 Å². The van der Waals surface area contributed by atoms with Gasteiger partial charge in [-0.3, -0.25) is 33.6 Å². The highest BCUT2D eigenvalue weighted by atomic mass is 32.2. The molecule has 0 saturated heterocycles. The Morgan fingerprint density at radius 3 is 1.71 bits per heavy atom. The smallest absolute Gasteiger partial charge is 0.303 e. The minimum Gasteiger partial charge on any atom is -0.481 e. The first kappa shape index (κ1) is 58.1. The number of carboxylic acids is 1. The van der Waals surface area contributed by atoms with E-state index in [1.807, 2.05) is 30.3 Å². The van der Waals surface area contributed by atoms with Crippen LogP contribution in [0.25, 0.3) is 0 Å². The van der Waals surface area contributed by atoms with Crippen molar-refractivity contribution in [3.8, 4) is 0 Å². The second-order valence-electron chi connectivity index (χ2n) is 17.5. The Balaban J connectivity index is 1.99. The van der Waals surface area contributed by atoms with E-state index in [0.29, 0.717) is 43.6 Å². The van der Waals surface area contributed by atoms with Crippen molar-refractivity contribution in [3.63, 3.8) is 0 Å². The monoisotopic (exact) mass is 996 g/mol. The van der Waals surface area contributed by atoms with Gasteiger partial charge in [0.25, 0.3) is 0 Å². The number of hydrogen-bond donors (Lipinski definition) is 10. The van der Waals surface area contributed by atoms with Crippen molar-refractivity contribution in [2.45, 2.75) is 133 Å². The lowest BCUT2D eigenvalue weighted by molar-refractivity contribution is -0.143. The molecule has 6 atom stereocenters. The largest absolute Gasteiger partial charge is 0.481 e. The number of primary amides is 1. The first-order valence-corrected chi connectivity index (χ1v) is 25.9. The molecule has 0 bridgehead atoms. The van der Waals surface area contributed by atoms with Crippen molar-refractivity contribution in [2.24, 2.45) is 22.9 Å². The molecule has 1 unspecified atom stereocenters. The van der Waals surface area contributed by atoms with Crippen LogP contribution in [0.5, 0.6) is 0 Å². The van der Waals surface area contributed by atoms with Crippen molar-refractivity contribution in [2.75, 3.05) is 31.6 Å². The fourth-order valence-corrected chi connectivity index (χ4v) is 8.38. The summed E-state index contributed by atoms with van der Waals surface area (Å²) < 4.78 is 23.4. The van der Waals surface area contributed by atoms with Gasteiger partial charge in [-0.25, -0.2) is 13.4 Å². The van der Waals surface area contributed by atoms with Gasteiger partial charge < -0.3 is 59.2 Å². The number of aromatic amines is 1. The van der Waals surface area contributed by atoms with Crippen molar-refractivity contribution in [1.29, 1.82) is 0 Å². The Bertz CT molecular complexity index is 2200. The molecule has 0 radical (unpaired) electrons.